The average Bonchev–Trinajstić information content (AvgIpc) is 3.63. The van der Waals surface area contributed by atoms with Crippen LogP contribution < -0.4 is 5.32 Å². The Hall–Kier alpha value is -3.00. The van der Waals surface area contributed by atoms with E-state index in [-0.39, 0.29) is 23.8 Å². The van der Waals surface area contributed by atoms with Gasteiger partial charge in [0.1, 0.15) is 5.60 Å². The van der Waals surface area contributed by atoms with Gasteiger partial charge in [-0.2, -0.15) is 0 Å². The molecule has 2 saturated heterocycles. The predicted octanol–water partition coefficient (Wildman–Crippen LogP) is 3.61. The molecular weight excluding hydrogens is 446 g/mol. The van der Waals surface area contributed by atoms with Crippen molar-refractivity contribution in [1.29, 1.82) is 0 Å². The van der Waals surface area contributed by atoms with Gasteiger partial charge >= 0.3 is 6.09 Å². The Balaban J connectivity index is 1.43. The highest BCUT2D eigenvalue weighted by atomic mass is 16.6. The van der Waals surface area contributed by atoms with Gasteiger partial charge in [0.05, 0.1) is 17.0 Å². The second-order valence-corrected chi connectivity index (χ2v) is 11.2. The average molecular weight is 480 g/mol. The number of carbonyl (C=O) groups is 3. The quantitative estimate of drug-likeness (QED) is 0.651. The number of fused-ring (bicyclic) bond motifs is 1. The van der Waals surface area contributed by atoms with Crippen LogP contribution in [0.3, 0.4) is 0 Å². The fraction of sp³-hybridized carbons (Fsp3) is 0.556. The van der Waals surface area contributed by atoms with Gasteiger partial charge in [-0.25, -0.2) is 4.79 Å². The number of rotatable bonds is 3. The summed E-state index contributed by atoms with van der Waals surface area (Å²) in [4.78, 5) is 42.9. The van der Waals surface area contributed by atoms with Crippen LogP contribution in [0.15, 0.2) is 30.5 Å². The minimum absolute atomic E-state index is 0.0764. The molecule has 3 amide bonds. The Kier molecular flexibility index (Phi) is 5.82. The summed E-state index contributed by atoms with van der Waals surface area (Å²) in [5.74, 6) is -0.650. The number of benzene rings is 1. The highest BCUT2D eigenvalue weighted by Crippen LogP contribution is 2.50. The minimum Gasteiger partial charge on any atom is -0.444 e. The van der Waals surface area contributed by atoms with Gasteiger partial charge in [0.25, 0.3) is 0 Å². The lowest BCUT2D eigenvalue weighted by Gasteiger charge is -2.45. The lowest BCUT2D eigenvalue weighted by molar-refractivity contribution is -0.134. The fourth-order valence-electron chi connectivity index (χ4n) is 5.48. The number of nitrogens with zero attached hydrogens (tertiary/aromatic N) is 2. The molecule has 1 saturated carbocycles. The normalized spacial score (nSPS) is 27.6. The molecule has 5 rings (SSSR count). The summed E-state index contributed by atoms with van der Waals surface area (Å²) in [5, 5.41) is 15.3. The summed E-state index contributed by atoms with van der Waals surface area (Å²) >= 11 is 0. The van der Waals surface area contributed by atoms with Crippen LogP contribution in [0.2, 0.25) is 0 Å². The van der Waals surface area contributed by atoms with Crippen molar-refractivity contribution in [2.45, 2.75) is 70.0 Å². The van der Waals surface area contributed by atoms with Crippen LogP contribution >= 0.6 is 0 Å². The van der Waals surface area contributed by atoms with Gasteiger partial charge in [0.15, 0.2) is 0 Å². The molecule has 0 spiro atoms. The molecule has 1 aliphatic carbocycles. The van der Waals surface area contributed by atoms with E-state index in [0.717, 1.165) is 34.9 Å². The second kappa shape index (κ2) is 8.59. The maximum Gasteiger partial charge on any atom is 0.410 e. The molecule has 2 aromatic rings. The molecule has 2 aliphatic heterocycles. The summed E-state index contributed by atoms with van der Waals surface area (Å²) in [6, 6.07) is 7.74. The molecule has 35 heavy (non-hydrogen) atoms. The van der Waals surface area contributed by atoms with E-state index >= 15 is 0 Å². The van der Waals surface area contributed by atoms with Crippen LogP contribution in [-0.2, 0) is 19.9 Å². The van der Waals surface area contributed by atoms with E-state index in [1.807, 2.05) is 45.0 Å². The maximum absolute atomic E-state index is 12.7. The number of likely N-dealkylation sites (tertiary alicyclic amines) is 1. The molecule has 8 heteroatoms. The van der Waals surface area contributed by atoms with E-state index in [4.69, 9.17) is 4.74 Å². The fourth-order valence-corrected chi connectivity index (χ4v) is 5.48. The first kappa shape index (κ1) is 23.7. The first-order valence-corrected chi connectivity index (χ1v) is 12.5. The number of pyridine rings is 1. The molecule has 0 bridgehead atoms. The van der Waals surface area contributed by atoms with E-state index in [9.17, 15) is 19.5 Å². The number of nitrogens with one attached hydrogen (secondary N) is 1. The van der Waals surface area contributed by atoms with E-state index in [0.29, 0.717) is 38.3 Å². The van der Waals surface area contributed by atoms with Crippen molar-refractivity contribution in [3.8, 4) is 0 Å². The van der Waals surface area contributed by atoms with Gasteiger partial charge < -0.3 is 14.7 Å². The third-order valence-electron chi connectivity index (χ3n) is 7.48. The van der Waals surface area contributed by atoms with Crippen LogP contribution in [0.25, 0.3) is 10.9 Å². The molecule has 8 nitrogen and oxygen atoms in total. The summed E-state index contributed by atoms with van der Waals surface area (Å²) in [6.07, 6.45) is 4.66. The van der Waals surface area contributed by atoms with Gasteiger partial charge in [-0.15, -0.1) is 0 Å². The smallest absolute Gasteiger partial charge is 0.410 e. The standard InChI is InChI=1S/C27H33N3O5/c1-26(2,3)35-25(33)30-11-10-27(34,21(15-30)16-4-5-16)19-6-8-22-17(13-19)12-18(14-28-22)20-7-9-23(31)29-24(20)32/h6,8,12-14,16,20-21,34H,4-5,7,9-11,15H2,1-3H3,(H,29,31,32). The first-order valence-electron chi connectivity index (χ1n) is 12.5. The largest absolute Gasteiger partial charge is 0.444 e. The van der Waals surface area contributed by atoms with Gasteiger partial charge in [0, 0.05) is 37.0 Å². The second-order valence-electron chi connectivity index (χ2n) is 11.2. The van der Waals surface area contributed by atoms with Crippen LogP contribution in [0.1, 0.15) is 69.9 Å². The van der Waals surface area contributed by atoms with Crippen molar-refractivity contribution in [3.63, 3.8) is 0 Å². The molecule has 3 unspecified atom stereocenters. The molecule has 3 fully saturated rings. The van der Waals surface area contributed by atoms with Crippen LogP contribution in [0, 0.1) is 11.8 Å². The van der Waals surface area contributed by atoms with E-state index in [1.54, 1.807) is 11.1 Å². The SMILES string of the molecule is CC(C)(C)OC(=O)N1CCC(O)(c2ccc3ncc(C4CCC(=O)NC4=O)cc3c2)C(C2CC2)C1. The Morgan fingerprint density at radius 2 is 1.97 bits per heavy atom. The molecular formula is C27H33N3O5. The van der Waals surface area contributed by atoms with Crippen molar-refractivity contribution < 1.29 is 24.2 Å². The molecule has 0 radical (unpaired) electrons. The van der Waals surface area contributed by atoms with Crippen LogP contribution in [0.4, 0.5) is 4.79 Å². The summed E-state index contributed by atoms with van der Waals surface area (Å²) in [6.45, 7) is 6.45. The van der Waals surface area contributed by atoms with Crippen molar-refractivity contribution in [2.24, 2.45) is 11.8 Å². The Labute approximate surface area is 205 Å². The zero-order valence-electron chi connectivity index (χ0n) is 20.5. The zero-order chi connectivity index (χ0) is 25.0. The van der Waals surface area contributed by atoms with E-state index in [1.165, 1.54) is 0 Å². The predicted molar refractivity (Wildman–Crippen MR) is 129 cm³/mol. The van der Waals surface area contributed by atoms with Crippen molar-refractivity contribution in [1.82, 2.24) is 15.2 Å². The molecule has 3 heterocycles. The molecule has 3 atom stereocenters. The number of aliphatic hydroxyl groups is 1. The molecule has 186 valence electrons. The Morgan fingerprint density at radius 1 is 1.20 bits per heavy atom. The van der Waals surface area contributed by atoms with Crippen molar-refractivity contribution in [3.05, 3.63) is 41.6 Å². The number of ether oxygens (including phenoxy) is 1. The summed E-state index contributed by atoms with van der Waals surface area (Å²) in [5.41, 5.74) is 0.741. The van der Waals surface area contributed by atoms with Gasteiger partial charge in [0.2, 0.25) is 11.8 Å². The number of piperidine rings is 2. The highest BCUT2D eigenvalue weighted by Gasteiger charge is 2.50. The van der Waals surface area contributed by atoms with E-state index in [2.05, 4.69) is 10.3 Å². The number of hydrogen-bond donors (Lipinski definition) is 2. The number of amides is 3. The summed E-state index contributed by atoms with van der Waals surface area (Å²) in [7, 11) is 0. The Bertz CT molecular complexity index is 1190. The third kappa shape index (κ3) is 4.76. The lowest BCUT2D eigenvalue weighted by Crippen LogP contribution is -2.53. The molecule has 3 aliphatic rings. The van der Waals surface area contributed by atoms with Crippen LogP contribution in [0.5, 0.6) is 0 Å². The topological polar surface area (TPSA) is 109 Å². The molecule has 1 aromatic heterocycles. The number of hydrogen-bond acceptors (Lipinski definition) is 6. The van der Waals surface area contributed by atoms with E-state index < -0.39 is 17.1 Å². The monoisotopic (exact) mass is 479 g/mol. The van der Waals surface area contributed by atoms with Gasteiger partial charge in [-0.05, 0) is 81.7 Å². The summed E-state index contributed by atoms with van der Waals surface area (Å²) < 4.78 is 5.59. The van der Waals surface area contributed by atoms with Crippen molar-refractivity contribution >= 4 is 28.8 Å². The number of aromatic nitrogens is 1. The zero-order valence-corrected chi connectivity index (χ0v) is 20.5. The Morgan fingerprint density at radius 3 is 2.66 bits per heavy atom. The number of carbonyl (C=O) groups excluding carboxylic acids is 3. The number of imide groups is 1. The third-order valence-corrected chi connectivity index (χ3v) is 7.48. The molecule has 1 aromatic carbocycles. The first-order chi connectivity index (χ1) is 16.5. The minimum atomic E-state index is -1.06. The van der Waals surface area contributed by atoms with Crippen LogP contribution in [-0.4, -0.2) is 51.6 Å². The maximum atomic E-state index is 12.7. The highest BCUT2D eigenvalue weighted by molar-refractivity contribution is 6.01. The molecule has 2 N–H and O–H groups in total. The van der Waals surface area contributed by atoms with Crippen molar-refractivity contribution in [2.75, 3.05) is 13.1 Å². The van der Waals surface area contributed by atoms with Gasteiger partial charge in [-0.1, -0.05) is 6.07 Å². The van der Waals surface area contributed by atoms with Gasteiger partial charge in [-0.3, -0.25) is 19.9 Å². The lowest BCUT2D eigenvalue weighted by atomic mass is 9.73.